The molecule has 18 heavy (non-hydrogen) atoms. The molecule has 1 aromatic heterocycles. The largest absolute Gasteiger partial charge is 0.493 e. The lowest BCUT2D eigenvalue weighted by Crippen LogP contribution is -1.91. The number of ether oxygens (including phenoxy) is 2. The van der Waals surface area contributed by atoms with Gasteiger partial charge in [0.25, 0.3) is 0 Å². The topological polar surface area (TPSA) is 55.1 Å². The minimum atomic E-state index is 0.345. The summed E-state index contributed by atoms with van der Waals surface area (Å²) in [5.74, 6) is 1.36. The van der Waals surface area contributed by atoms with E-state index in [1.54, 1.807) is 14.2 Å². The van der Waals surface area contributed by atoms with Crippen molar-refractivity contribution >= 4 is 11.3 Å². The second-order valence-corrected chi connectivity index (χ2v) is 4.47. The van der Waals surface area contributed by atoms with E-state index in [0.717, 1.165) is 16.3 Å². The highest BCUT2D eigenvalue weighted by atomic mass is 32.1. The van der Waals surface area contributed by atoms with Gasteiger partial charge in [0.15, 0.2) is 11.5 Å². The van der Waals surface area contributed by atoms with Crippen LogP contribution in [0.1, 0.15) is 5.01 Å². The number of nitriles is 1. The molecule has 5 heteroatoms. The molecule has 0 bridgehead atoms. The lowest BCUT2D eigenvalue weighted by Gasteiger charge is -2.08. The molecular weight excluding hydrogens is 248 g/mol. The van der Waals surface area contributed by atoms with Crippen LogP contribution in [0.5, 0.6) is 11.5 Å². The second kappa shape index (κ2) is 5.52. The van der Waals surface area contributed by atoms with Crippen LogP contribution in [0.4, 0.5) is 0 Å². The predicted molar refractivity (Wildman–Crippen MR) is 70.0 cm³/mol. The molecular formula is C13H12N2O2S. The number of rotatable bonds is 4. The molecule has 0 aliphatic heterocycles. The summed E-state index contributed by atoms with van der Waals surface area (Å²) in [6.45, 7) is 0. The third-order valence-corrected chi connectivity index (χ3v) is 3.31. The van der Waals surface area contributed by atoms with E-state index in [0.29, 0.717) is 17.9 Å². The standard InChI is InChI=1S/C13H12N2O2S/c1-16-11-4-3-9(7-12(11)17-2)10-8-18-13(15-10)5-6-14/h3-4,7-8H,5H2,1-2H3. The summed E-state index contributed by atoms with van der Waals surface area (Å²) in [7, 11) is 3.20. The first-order valence-electron chi connectivity index (χ1n) is 5.32. The van der Waals surface area contributed by atoms with Gasteiger partial charge in [-0.1, -0.05) is 0 Å². The van der Waals surface area contributed by atoms with Gasteiger partial charge < -0.3 is 9.47 Å². The Kier molecular flexibility index (Phi) is 3.80. The summed E-state index contributed by atoms with van der Waals surface area (Å²) >= 11 is 1.49. The molecule has 2 rings (SSSR count). The molecule has 0 saturated heterocycles. The lowest BCUT2D eigenvalue weighted by molar-refractivity contribution is 0.355. The van der Waals surface area contributed by atoms with Crippen LogP contribution < -0.4 is 9.47 Å². The Bertz CT molecular complexity index is 587. The maximum absolute atomic E-state index is 8.63. The van der Waals surface area contributed by atoms with Crippen LogP contribution in [-0.2, 0) is 6.42 Å². The molecule has 0 aliphatic rings. The second-order valence-electron chi connectivity index (χ2n) is 3.53. The number of thiazole rings is 1. The third-order valence-electron chi connectivity index (χ3n) is 2.46. The van der Waals surface area contributed by atoms with Crippen molar-refractivity contribution in [2.24, 2.45) is 0 Å². The van der Waals surface area contributed by atoms with Gasteiger partial charge in [-0.05, 0) is 18.2 Å². The monoisotopic (exact) mass is 260 g/mol. The zero-order chi connectivity index (χ0) is 13.0. The predicted octanol–water partition coefficient (Wildman–Crippen LogP) is 2.89. The number of hydrogen-bond donors (Lipinski definition) is 0. The van der Waals surface area contributed by atoms with Gasteiger partial charge in [0.1, 0.15) is 5.01 Å². The maximum Gasteiger partial charge on any atom is 0.161 e. The quantitative estimate of drug-likeness (QED) is 0.848. The zero-order valence-electron chi connectivity index (χ0n) is 10.1. The number of hydrogen-bond acceptors (Lipinski definition) is 5. The van der Waals surface area contributed by atoms with Gasteiger partial charge in [-0.2, -0.15) is 5.26 Å². The molecule has 0 aliphatic carbocycles. The summed E-state index contributed by atoms with van der Waals surface area (Å²) in [6.07, 6.45) is 0.345. The van der Waals surface area contributed by atoms with E-state index in [1.807, 2.05) is 23.6 Å². The fourth-order valence-electron chi connectivity index (χ4n) is 1.59. The van der Waals surface area contributed by atoms with E-state index in [2.05, 4.69) is 11.1 Å². The minimum absolute atomic E-state index is 0.345. The zero-order valence-corrected chi connectivity index (χ0v) is 11.0. The van der Waals surface area contributed by atoms with Crippen molar-refractivity contribution in [2.45, 2.75) is 6.42 Å². The molecule has 92 valence electrons. The molecule has 0 spiro atoms. The van der Waals surface area contributed by atoms with Crippen molar-refractivity contribution in [3.63, 3.8) is 0 Å². The molecule has 0 fully saturated rings. The van der Waals surface area contributed by atoms with Crippen LogP contribution >= 0.6 is 11.3 Å². The van der Waals surface area contributed by atoms with Crippen LogP contribution in [-0.4, -0.2) is 19.2 Å². The Labute approximate surface area is 109 Å². The fourth-order valence-corrected chi connectivity index (χ4v) is 2.32. The summed E-state index contributed by atoms with van der Waals surface area (Å²) in [5, 5.41) is 11.4. The smallest absolute Gasteiger partial charge is 0.161 e. The summed E-state index contributed by atoms with van der Waals surface area (Å²) in [6, 6.07) is 7.74. The van der Waals surface area contributed by atoms with Crippen molar-refractivity contribution < 1.29 is 9.47 Å². The Balaban J connectivity index is 2.35. The number of nitrogens with zero attached hydrogens (tertiary/aromatic N) is 2. The molecule has 2 aromatic rings. The third kappa shape index (κ3) is 2.44. The average molecular weight is 260 g/mol. The first-order valence-corrected chi connectivity index (χ1v) is 6.20. The molecule has 0 radical (unpaired) electrons. The molecule has 4 nitrogen and oxygen atoms in total. The van der Waals surface area contributed by atoms with Gasteiger partial charge in [0.2, 0.25) is 0 Å². The average Bonchev–Trinajstić information content (AvgIpc) is 2.87. The lowest BCUT2D eigenvalue weighted by atomic mass is 10.1. The summed E-state index contributed by atoms with van der Waals surface area (Å²) < 4.78 is 10.4. The van der Waals surface area contributed by atoms with Gasteiger partial charge in [-0.15, -0.1) is 11.3 Å². The fraction of sp³-hybridized carbons (Fsp3) is 0.231. The molecule has 0 unspecified atom stereocenters. The summed E-state index contributed by atoms with van der Waals surface area (Å²) in [5.41, 5.74) is 1.80. The van der Waals surface area contributed by atoms with Gasteiger partial charge in [-0.3, -0.25) is 0 Å². The molecule has 1 aromatic carbocycles. The maximum atomic E-state index is 8.63. The van der Waals surface area contributed by atoms with E-state index >= 15 is 0 Å². The Hall–Kier alpha value is -2.06. The Morgan fingerprint density at radius 2 is 2.06 bits per heavy atom. The number of aromatic nitrogens is 1. The van der Waals surface area contributed by atoms with E-state index in [1.165, 1.54) is 11.3 Å². The van der Waals surface area contributed by atoms with Crippen LogP contribution in [0.3, 0.4) is 0 Å². The van der Waals surface area contributed by atoms with Gasteiger partial charge in [0.05, 0.1) is 32.4 Å². The Morgan fingerprint density at radius 1 is 1.28 bits per heavy atom. The van der Waals surface area contributed by atoms with E-state index < -0.39 is 0 Å². The van der Waals surface area contributed by atoms with Crippen LogP contribution in [0.25, 0.3) is 11.3 Å². The number of benzene rings is 1. The van der Waals surface area contributed by atoms with Crippen molar-refractivity contribution in [3.05, 3.63) is 28.6 Å². The summed E-state index contributed by atoms with van der Waals surface area (Å²) in [4.78, 5) is 4.40. The molecule has 1 heterocycles. The van der Waals surface area contributed by atoms with E-state index in [-0.39, 0.29) is 0 Å². The minimum Gasteiger partial charge on any atom is -0.493 e. The number of methoxy groups -OCH3 is 2. The van der Waals surface area contributed by atoms with Crippen LogP contribution in [0.15, 0.2) is 23.6 Å². The van der Waals surface area contributed by atoms with Gasteiger partial charge >= 0.3 is 0 Å². The first kappa shape index (κ1) is 12.4. The first-order chi connectivity index (χ1) is 8.78. The van der Waals surface area contributed by atoms with Crippen molar-refractivity contribution in [1.82, 2.24) is 4.98 Å². The SMILES string of the molecule is COc1ccc(-c2csc(CC#N)n2)cc1OC. The Morgan fingerprint density at radius 3 is 2.72 bits per heavy atom. The highest BCUT2D eigenvalue weighted by Gasteiger charge is 2.09. The highest BCUT2D eigenvalue weighted by molar-refractivity contribution is 7.10. The van der Waals surface area contributed by atoms with Gasteiger partial charge in [0, 0.05) is 10.9 Å². The van der Waals surface area contributed by atoms with Gasteiger partial charge in [-0.25, -0.2) is 4.98 Å². The van der Waals surface area contributed by atoms with E-state index in [9.17, 15) is 0 Å². The van der Waals surface area contributed by atoms with Crippen molar-refractivity contribution in [3.8, 4) is 28.8 Å². The van der Waals surface area contributed by atoms with Crippen molar-refractivity contribution in [2.75, 3.05) is 14.2 Å². The molecule has 0 N–H and O–H groups in total. The molecule has 0 atom stereocenters. The molecule has 0 amide bonds. The van der Waals surface area contributed by atoms with Crippen LogP contribution in [0.2, 0.25) is 0 Å². The highest BCUT2D eigenvalue weighted by Crippen LogP contribution is 2.32. The van der Waals surface area contributed by atoms with Crippen molar-refractivity contribution in [1.29, 1.82) is 5.26 Å². The van der Waals surface area contributed by atoms with Crippen LogP contribution in [0, 0.1) is 11.3 Å². The normalized spacial score (nSPS) is 9.83. The van der Waals surface area contributed by atoms with E-state index in [4.69, 9.17) is 14.7 Å². The molecule has 0 saturated carbocycles.